The van der Waals surface area contributed by atoms with Crippen molar-refractivity contribution in [1.82, 2.24) is 9.88 Å². The first-order valence-electron chi connectivity index (χ1n) is 8.68. The summed E-state index contributed by atoms with van der Waals surface area (Å²) in [6, 6.07) is 12.0. The second-order valence-electron chi connectivity index (χ2n) is 6.44. The first-order valence-corrected chi connectivity index (χ1v) is 8.68. The highest BCUT2D eigenvalue weighted by Crippen LogP contribution is 2.24. The number of aromatic nitrogens is 1. The number of hydrogen-bond donors (Lipinski definition) is 1. The number of nitrogens with zero attached hydrogens (tertiary/aromatic N) is 2. The molecule has 1 unspecified atom stereocenters. The largest absolute Gasteiger partial charge is 0.478 e. The molecule has 2 aromatic rings. The van der Waals surface area contributed by atoms with Gasteiger partial charge in [-0.1, -0.05) is 30.3 Å². The summed E-state index contributed by atoms with van der Waals surface area (Å²) >= 11 is 0. The number of carboxylic acids is 1. The fourth-order valence-electron chi connectivity index (χ4n) is 3.43. The molecule has 2 heterocycles. The smallest absolute Gasteiger partial charge is 0.337 e. The van der Waals surface area contributed by atoms with Crippen LogP contribution in [-0.2, 0) is 6.42 Å². The number of carbonyl (C=O) groups excluding carboxylic acids is 1. The molecule has 0 spiro atoms. The molecule has 1 saturated heterocycles. The van der Waals surface area contributed by atoms with Gasteiger partial charge in [-0.2, -0.15) is 0 Å². The molecule has 1 aromatic heterocycles. The highest BCUT2D eigenvalue weighted by molar-refractivity contribution is 5.97. The number of rotatable bonds is 6. The van der Waals surface area contributed by atoms with Crippen molar-refractivity contribution >= 4 is 11.9 Å². The zero-order valence-corrected chi connectivity index (χ0v) is 14.1. The number of amides is 1. The average Bonchev–Trinajstić information content (AvgIpc) is 3.10. The number of carboxylic acid groups (broad SMARTS) is 1. The molecule has 0 saturated carbocycles. The van der Waals surface area contributed by atoms with Crippen LogP contribution in [0.15, 0.2) is 48.8 Å². The van der Waals surface area contributed by atoms with Crippen molar-refractivity contribution in [2.45, 2.75) is 38.1 Å². The Labute approximate surface area is 147 Å². The lowest BCUT2D eigenvalue weighted by molar-refractivity contribution is 0.0696. The normalized spacial score (nSPS) is 16.8. The predicted octanol–water partition coefficient (Wildman–Crippen LogP) is 3.41. The highest BCUT2D eigenvalue weighted by Gasteiger charge is 2.29. The maximum absolute atomic E-state index is 12.8. The third kappa shape index (κ3) is 4.24. The van der Waals surface area contributed by atoms with Gasteiger partial charge < -0.3 is 10.0 Å². The van der Waals surface area contributed by atoms with Crippen molar-refractivity contribution in [1.29, 1.82) is 0 Å². The van der Waals surface area contributed by atoms with Gasteiger partial charge in [0.05, 0.1) is 11.1 Å². The quantitative estimate of drug-likeness (QED) is 0.876. The van der Waals surface area contributed by atoms with Gasteiger partial charge in [-0.05, 0) is 43.7 Å². The summed E-state index contributed by atoms with van der Waals surface area (Å²) in [4.78, 5) is 29.6. The van der Waals surface area contributed by atoms with E-state index in [2.05, 4.69) is 17.1 Å². The predicted molar refractivity (Wildman–Crippen MR) is 94.6 cm³/mol. The van der Waals surface area contributed by atoms with Crippen LogP contribution in [0.5, 0.6) is 0 Å². The van der Waals surface area contributed by atoms with Crippen molar-refractivity contribution < 1.29 is 14.7 Å². The second kappa shape index (κ2) is 7.92. The summed E-state index contributed by atoms with van der Waals surface area (Å²) in [5, 5.41) is 9.07. The minimum atomic E-state index is -1.07. The van der Waals surface area contributed by atoms with Gasteiger partial charge in [0.2, 0.25) is 0 Å². The number of carbonyl (C=O) groups is 2. The Morgan fingerprint density at radius 2 is 1.92 bits per heavy atom. The van der Waals surface area contributed by atoms with Crippen LogP contribution in [0.2, 0.25) is 0 Å². The number of aryl methyl sites for hydroxylation is 1. The lowest BCUT2D eigenvalue weighted by Crippen LogP contribution is -2.35. The van der Waals surface area contributed by atoms with Crippen molar-refractivity contribution in [3.05, 3.63) is 65.5 Å². The summed E-state index contributed by atoms with van der Waals surface area (Å²) in [6.07, 6.45) is 7.73. The van der Waals surface area contributed by atoms with Crippen LogP contribution in [0, 0.1) is 0 Å². The molecule has 1 atom stereocenters. The van der Waals surface area contributed by atoms with Crippen LogP contribution < -0.4 is 0 Å². The standard InChI is InChI=1S/C20H22N2O3/c23-19(16-12-17(20(24)25)14-21-13-16)22-11-5-10-18(22)9-4-8-15-6-2-1-3-7-15/h1-3,6-7,12-14,18H,4-5,8-11H2,(H,24,25). The Kier molecular flexibility index (Phi) is 5.43. The van der Waals surface area contributed by atoms with Gasteiger partial charge in [0.25, 0.3) is 5.91 Å². The number of aromatic carboxylic acids is 1. The molecule has 25 heavy (non-hydrogen) atoms. The van der Waals surface area contributed by atoms with Crippen LogP contribution in [0.4, 0.5) is 0 Å². The number of benzene rings is 1. The van der Waals surface area contributed by atoms with E-state index in [0.717, 1.165) is 38.6 Å². The Morgan fingerprint density at radius 1 is 1.16 bits per heavy atom. The van der Waals surface area contributed by atoms with E-state index in [1.54, 1.807) is 0 Å². The summed E-state index contributed by atoms with van der Waals surface area (Å²) < 4.78 is 0. The van der Waals surface area contributed by atoms with E-state index in [1.165, 1.54) is 24.0 Å². The Morgan fingerprint density at radius 3 is 2.68 bits per heavy atom. The van der Waals surface area contributed by atoms with Crippen molar-refractivity contribution in [2.24, 2.45) is 0 Å². The zero-order chi connectivity index (χ0) is 17.6. The minimum absolute atomic E-state index is 0.0469. The van der Waals surface area contributed by atoms with Crippen molar-refractivity contribution in [2.75, 3.05) is 6.54 Å². The molecular formula is C20H22N2O3. The van der Waals surface area contributed by atoms with E-state index in [-0.39, 0.29) is 17.5 Å². The highest BCUT2D eigenvalue weighted by atomic mass is 16.4. The average molecular weight is 338 g/mol. The number of likely N-dealkylation sites (tertiary alicyclic amines) is 1. The second-order valence-corrected chi connectivity index (χ2v) is 6.44. The fourth-order valence-corrected chi connectivity index (χ4v) is 3.43. The third-order valence-electron chi connectivity index (χ3n) is 4.72. The first kappa shape index (κ1) is 17.1. The van der Waals surface area contributed by atoms with Crippen LogP contribution in [0.1, 0.15) is 52.0 Å². The van der Waals surface area contributed by atoms with E-state index < -0.39 is 5.97 Å². The van der Waals surface area contributed by atoms with Crippen LogP contribution in [-0.4, -0.2) is 39.5 Å². The Balaban J connectivity index is 1.61. The SMILES string of the molecule is O=C(O)c1cncc(C(=O)N2CCCC2CCCc2ccccc2)c1. The van der Waals surface area contributed by atoms with E-state index in [0.29, 0.717) is 5.56 Å². The zero-order valence-electron chi connectivity index (χ0n) is 14.1. The van der Waals surface area contributed by atoms with E-state index in [9.17, 15) is 9.59 Å². The molecule has 5 heteroatoms. The maximum Gasteiger partial charge on any atom is 0.337 e. The molecule has 1 amide bonds. The van der Waals surface area contributed by atoms with E-state index in [1.807, 2.05) is 23.1 Å². The molecule has 1 fully saturated rings. The number of pyridine rings is 1. The summed E-state index contributed by atoms with van der Waals surface area (Å²) in [6.45, 7) is 0.728. The molecule has 1 aromatic carbocycles. The Bertz CT molecular complexity index is 746. The molecule has 1 N–H and O–H groups in total. The molecule has 130 valence electrons. The van der Waals surface area contributed by atoms with Gasteiger partial charge in [0.1, 0.15) is 0 Å². The molecule has 3 rings (SSSR count). The van der Waals surface area contributed by atoms with Crippen LogP contribution in [0.3, 0.4) is 0 Å². The molecule has 1 aliphatic heterocycles. The summed E-state index contributed by atoms with van der Waals surface area (Å²) in [7, 11) is 0. The van der Waals surface area contributed by atoms with Crippen LogP contribution in [0.25, 0.3) is 0 Å². The summed E-state index contributed by atoms with van der Waals surface area (Å²) in [5.74, 6) is -1.18. The third-order valence-corrected chi connectivity index (χ3v) is 4.72. The van der Waals surface area contributed by atoms with Gasteiger partial charge in [0, 0.05) is 25.0 Å². The van der Waals surface area contributed by atoms with E-state index >= 15 is 0 Å². The lowest BCUT2D eigenvalue weighted by atomic mass is 10.0. The van der Waals surface area contributed by atoms with E-state index in [4.69, 9.17) is 5.11 Å². The molecule has 5 nitrogen and oxygen atoms in total. The molecule has 1 aliphatic rings. The topological polar surface area (TPSA) is 70.5 Å². The van der Waals surface area contributed by atoms with Gasteiger partial charge >= 0.3 is 5.97 Å². The number of hydrogen-bond acceptors (Lipinski definition) is 3. The molecule has 0 radical (unpaired) electrons. The minimum Gasteiger partial charge on any atom is -0.478 e. The Hall–Kier alpha value is -2.69. The van der Waals surface area contributed by atoms with Crippen molar-refractivity contribution in [3.63, 3.8) is 0 Å². The maximum atomic E-state index is 12.8. The fraction of sp³-hybridized carbons (Fsp3) is 0.350. The van der Waals surface area contributed by atoms with Gasteiger partial charge in [0.15, 0.2) is 0 Å². The van der Waals surface area contributed by atoms with Crippen LogP contribution >= 0.6 is 0 Å². The summed E-state index contributed by atoms with van der Waals surface area (Å²) in [5.41, 5.74) is 1.72. The molecular weight excluding hydrogens is 316 g/mol. The van der Waals surface area contributed by atoms with Gasteiger partial charge in [-0.15, -0.1) is 0 Å². The molecule has 0 bridgehead atoms. The van der Waals surface area contributed by atoms with Crippen molar-refractivity contribution in [3.8, 4) is 0 Å². The monoisotopic (exact) mass is 338 g/mol. The van der Waals surface area contributed by atoms with Gasteiger partial charge in [-0.25, -0.2) is 4.79 Å². The molecule has 0 aliphatic carbocycles. The van der Waals surface area contributed by atoms with Gasteiger partial charge in [-0.3, -0.25) is 9.78 Å². The first-order chi connectivity index (χ1) is 12.1. The lowest BCUT2D eigenvalue weighted by Gasteiger charge is -2.25.